The van der Waals surface area contributed by atoms with Gasteiger partial charge >= 0.3 is 6.03 Å². The number of nitrogens with one attached hydrogen (secondary N) is 1. The summed E-state index contributed by atoms with van der Waals surface area (Å²) in [5, 5.41) is 2.67. The van der Waals surface area contributed by atoms with E-state index in [-0.39, 0.29) is 6.04 Å². The first kappa shape index (κ1) is 12.2. The van der Waals surface area contributed by atoms with Crippen LogP contribution in [0.2, 0.25) is 0 Å². The number of urea groups is 1. The Morgan fingerprint density at radius 1 is 1.28 bits per heavy atom. The molecular weight excluding hydrogens is 232 g/mol. The summed E-state index contributed by atoms with van der Waals surface area (Å²) >= 11 is 0. The van der Waals surface area contributed by atoms with Crippen LogP contribution in [0.5, 0.6) is 0 Å². The number of nitrogens with two attached hydrogens (primary N) is 2. The summed E-state index contributed by atoms with van der Waals surface area (Å²) in [7, 11) is 0. The molecule has 18 heavy (non-hydrogen) atoms. The summed E-state index contributed by atoms with van der Waals surface area (Å²) in [4.78, 5) is 24.2. The average Bonchev–Trinajstić information content (AvgIpc) is 2.76. The molecule has 1 fully saturated rings. The van der Waals surface area contributed by atoms with Gasteiger partial charge in [-0.05, 0) is 18.6 Å². The summed E-state index contributed by atoms with van der Waals surface area (Å²) in [5.74, 6) is -0.447. The zero-order chi connectivity index (χ0) is 13.1. The number of hydrogen-bond donors (Lipinski definition) is 3. The van der Waals surface area contributed by atoms with Gasteiger partial charge in [-0.3, -0.25) is 4.79 Å². The molecule has 1 aliphatic rings. The van der Waals surface area contributed by atoms with E-state index in [4.69, 9.17) is 11.5 Å². The molecule has 1 heterocycles. The molecule has 6 nitrogen and oxygen atoms in total. The van der Waals surface area contributed by atoms with E-state index in [0.717, 1.165) is 18.7 Å². The number of amides is 3. The van der Waals surface area contributed by atoms with Gasteiger partial charge < -0.3 is 21.7 Å². The monoisotopic (exact) mass is 248 g/mol. The molecule has 0 radical (unpaired) electrons. The van der Waals surface area contributed by atoms with Crippen molar-refractivity contribution in [1.29, 1.82) is 0 Å². The van der Waals surface area contributed by atoms with Gasteiger partial charge in [0.05, 0.1) is 5.56 Å². The van der Waals surface area contributed by atoms with Crippen LogP contribution in [0.25, 0.3) is 0 Å². The minimum atomic E-state index is -0.523. The van der Waals surface area contributed by atoms with Crippen LogP contribution >= 0.6 is 0 Å². The van der Waals surface area contributed by atoms with Crippen molar-refractivity contribution >= 4 is 17.6 Å². The van der Waals surface area contributed by atoms with E-state index in [1.165, 1.54) is 0 Å². The van der Waals surface area contributed by atoms with Crippen LogP contribution in [0.15, 0.2) is 24.3 Å². The maximum absolute atomic E-state index is 11.3. The maximum Gasteiger partial charge on any atom is 0.312 e. The van der Waals surface area contributed by atoms with Crippen molar-refractivity contribution in [3.05, 3.63) is 29.8 Å². The van der Waals surface area contributed by atoms with E-state index in [1.807, 2.05) is 17.0 Å². The number of primary amides is 2. The predicted octanol–water partition coefficient (Wildman–Crippen LogP) is 0.0325. The summed E-state index contributed by atoms with van der Waals surface area (Å²) in [6.07, 6.45) is 0.802. The fourth-order valence-corrected chi connectivity index (χ4v) is 2.26. The van der Waals surface area contributed by atoms with Gasteiger partial charge in [-0.1, -0.05) is 12.1 Å². The van der Waals surface area contributed by atoms with E-state index in [9.17, 15) is 9.59 Å². The van der Waals surface area contributed by atoms with Crippen molar-refractivity contribution in [3.8, 4) is 0 Å². The zero-order valence-electron chi connectivity index (χ0n) is 9.93. The first-order valence-corrected chi connectivity index (χ1v) is 5.77. The number of nitrogens with zero attached hydrogens (tertiary/aromatic N) is 1. The molecule has 0 saturated carbocycles. The van der Waals surface area contributed by atoms with Gasteiger partial charge in [0.2, 0.25) is 0 Å². The minimum Gasteiger partial charge on any atom is -0.369 e. The van der Waals surface area contributed by atoms with Crippen molar-refractivity contribution in [1.82, 2.24) is 5.32 Å². The molecule has 1 aliphatic heterocycles. The fourth-order valence-electron chi connectivity index (χ4n) is 2.26. The van der Waals surface area contributed by atoms with Crippen LogP contribution in [0, 0.1) is 0 Å². The molecule has 0 aliphatic carbocycles. The van der Waals surface area contributed by atoms with Gasteiger partial charge in [0.1, 0.15) is 0 Å². The Morgan fingerprint density at radius 2 is 2.00 bits per heavy atom. The number of carbonyl (C=O) groups excluding carboxylic acids is 2. The lowest BCUT2D eigenvalue weighted by molar-refractivity contribution is 0.100. The van der Waals surface area contributed by atoms with Crippen molar-refractivity contribution in [2.24, 2.45) is 11.5 Å². The average molecular weight is 248 g/mol. The Hall–Kier alpha value is -2.24. The number of anilines is 1. The molecule has 96 valence electrons. The van der Waals surface area contributed by atoms with Gasteiger partial charge in [0, 0.05) is 24.8 Å². The van der Waals surface area contributed by atoms with Crippen LogP contribution in [0.1, 0.15) is 16.8 Å². The largest absolute Gasteiger partial charge is 0.369 e. The molecular formula is C12H16N4O2. The van der Waals surface area contributed by atoms with Crippen LogP contribution in [0.4, 0.5) is 10.5 Å². The highest BCUT2D eigenvalue weighted by Crippen LogP contribution is 2.24. The molecule has 1 atom stereocenters. The van der Waals surface area contributed by atoms with Gasteiger partial charge in [0.25, 0.3) is 5.91 Å². The number of hydrogen-bond acceptors (Lipinski definition) is 3. The maximum atomic E-state index is 11.3. The zero-order valence-corrected chi connectivity index (χ0v) is 9.93. The number of rotatable bonds is 3. The lowest BCUT2D eigenvalue weighted by Gasteiger charge is -2.21. The van der Waals surface area contributed by atoms with E-state index < -0.39 is 11.9 Å². The summed E-state index contributed by atoms with van der Waals surface area (Å²) in [6, 6.07) is 6.68. The van der Waals surface area contributed by atoms with Gasteiger partial charge in [-0.15, -0.1) is 0 Å². The fraction of sp³-hybridized carbons (Fsp3) is 0.333. The number of benzene rings is 1. The van der Waals surface area contributed by atoms with Crippen molar-refractivity contribution in [3.63, 3.8) is 0 Å². The Bertz CT molecular complexity index is 475. The Morgan fingerprint density at radius 3 is 2.67 bits per heavy atom. The molecule has 2 rings (SSSR count). The van der Waals surface area contributed by atoms with E-state index in [1.54, 1.807) is 12.1 Å². The quantitative estimate of drug-likeness (QED) is 0.703. The molecule has 0 aromatic heterocycles. The molecule has 3 amide bonds. The highest BCUT2D eigenvalue weighted by atomic mass is 16.2. The van der Waals surface area contributed by atoms with Crippen LogP contribution in [-0.4, -0.2) is 31.1 Å². The lowest BCUT2D eigenvalue weighted by atomic mass is 10.1. The topological polar surface area (TPSA) is 101 Å². The van der Waals surface area contributed by atoms with E-state index >= 15 is 0 Å². The van der Waals surface area contributed by atoms with Crippen molar-refractivity contribution in [2.75, 3.05) is 18.0 Å². The normalized spacial score (nSPS) is 18.7. The minimum absolute atomic E-state index is 0.0171. The Labute approximate surface area is 105 Å². The summed E-state index contributed by atoms with van der Waals surface area (Å²) in [5.41, 5.74) is 11.7. The van der Waals surface area contributed by atoms with Gasteiger partial charge in [-0.25, -0.2) is 4.79 Å². The van der Waals surface area contributed by atoms with Crippen LogP contribution in [0.3, 0.4) is 0 Å². The van der Waals surface area contributed by atoms with E-state index in [0.29, 0.717) is 12.1 Å². The first-order chi connectivity index (χ1) is 8.58. The second-order valence-electron chi connectivity index (χ2n) is 4.32. The molecule has 0 spiro atoms. The van der Waals surface area contributed by atoms with Crippen LogP contribution in [-0.2, 0) is 0 Å². The highest BCUT2D eigenvalue weighted by molar-refractivity contribution is 5.98. The second-order valence-corrected chi connectivity index (χ2v) is 4.32. The molecule has 1 aromatic carbocycles. The van der Waals surface area contributed by atoms with E-state index in [2.05, 4.69) is 5.32 Å². The predicted molar refractivity (Wildman–Crippen MR) is 68.3 cm³/mol. The second kappa shape index (κ2) is 4.95. The SMILES string of the molecule is NC(=O)NC1CCN(c2ccccc2C(N)=O)C1. The van der Waals surface area contributed by atoms with Gasteiger partial charge in [0.15, 0.2) is 0 Å². The smallest absolute Gasteiger partial charge is 0.312 e. The number of carbonyl (C=O) groups is 2. The summed E-state index contributed by atoms with van der Waals surface area (Å²) < 4.78 is 0. The lowest BCUT2D eigenvalue weighted by Crippen LogP contribution is -2.40. The molecule has 0 bridgehead atoms. The third kappa shape index (κ3) is 2.53. The molecule has 1 saturated heterocycles. The summed E-state index contributed by atoms with van der Waals surface area (Å²) in [6.45, 7) is 1.39. The molecule has 1 unspecified atom stereocenters. The third-order valence-corrected chi connectivity index (χ3v) is 3.04. The van der Waals surface area contributed by atoms with Gasteiger partial charge in [-0.2, -0.15) is 0 Å². The molecule has 1 aromatic rings. The highest BCUT2D eigenvalue weighted by Gasteiger charge is 2.25. The van der Waals surface area contributed by atoms with Crippen molar-refractivity contribution < 1.29 is 9.59 Å². The third-order valence-electron chi connectivity index (χ3n) is 3.04. The standard InChI is InChI=1S/C12H16N4O2/c13-11(17)9-3-1-2-4-10(9)16-6-5-8(7-16)15-12(14)18/h1-4,8H,5-7H2,(H2,13,17)(H3,14,15,18). The molecule has 5 N–H and O–H groups in total. The Kier molecular flexibility index (Phi) is 3.36. The van der Waals surface area contributed by atoms with Crippen LogP contribution < -0.4 is 21.7 Å². The van der Waals surface area contributed by atoms with Crippen molar-refractivity contribution in [2.45, 2.75) is 12.5 Å². The molecule has 6 heteroatoms. The first-order valence-electron chi connectivity index (χ1n) is 5.77. The number of para-hydroxylation sites is 1. The Balaban J connectivity index is 2.14.